The summed E-state index contributed by atoms with van der Waals surface area (Å²) in [5.41, 5.74) is 2.47. The maximum absolute atomic E-state index is 12.6. The van der Waals surface area contributed by atoms with Gasteiger partial charge in [-0.25, -0.2) is 4.79 Å². The summed E-state index contributed by atoms with van der Waals surface area (Å²) in [4.78, 5) is 25.7. The minimum atomic E-state index is -0.459. The van der Waals surface area contributed by atoms with Crippen molar-refractivity contribution in [2.45, 2.75) is 58.8 Å². The number of thioether (sulfide) groups is 1. The molecule has 0 atom stereocenters. The van der Waals surface area contributed by atoms with E-state index in [1.807, 2.05) is 37.5 Å². The number of nitrogens with one attached hydrogen (secondary N) is 1. The minimum absolute atomic E-state index is 0.131. The number of aryl methyl sites for hydroxylation is 1. The molecule has 1 amide bonds. The van der Waals surface area contributed by atoms with Crippen molar-refractivity contribution < 1.29 is 19.1 Å². The molecule has 1 N–H and O–H groups in total. The van der Waals surface area contributed by atoms with Gasteiger partial charge in [-0.2, -0.15) is 0 Å². The Bertz CT molecular complexity index is 1150. The Labute approximate surface area is 208 Å². The molecule has 34 heavy (non-hydrogen) atoms. The van der Waals surface area contributed by atoms with E-state index in [0.29, 0.717) is 34.0 Å². The molecular weight excluding hydrogens is 472 g/mol. The second-order valence-electron chi connectivity index (χ2n) is 7.97. The second kappa shape index (κ2) is 11.5. The first-order valence-corrected chi connectivity index (χ1v) is 12.8. The Kier molecular flexibility index (Phi) is 8.73. The molecule has 0 spiro atoms. The molecule has 2 aromatic heterocycles. The van der Waals surface area contributed by atoms with Crippen LogP contribution in [0.3, 0.4) is 0 Å². The summed E-state index contributed by atoms with van der Waals surface area (Å²) < 4.78 is 12.7. The van der Waals surface area contributed by atoms with Crippen molar-refractivity contribution in [3.05, 3.63) is 51.7 Å². The zero-order valence-electron chi connectivity index (χ0n) is 20.3. The van der Waals surface area contributed by atoms with Crippen LogP contribution in [0.5, 0.6) is 5.75 Å². The third-order valence-corrected chi connectivity index (χ3v) is 7.47. The summed E-state index contributed by atoms with van der Waals surface area (Å²) >= 11 is 2.65. The Morgan fingerprint density at radius 2 is 1.88 bits per heavy atom. The van der Waals surface area contributed by atoms with Gasteiger partial charge in [0.1, 0.15) is 17.4 Å². The lowest BCUT2D eigenvalue weighted by atomic mass is 10.0. The number of hydrogen-bond acceptors (Lipinski definition) is 8. The molecule has 2 heterocycles. The topological polar surface area (TPSA) is 95.3 Å². The van der Waals surface area contributed by atoms with E-state index in [9.17, 15) is 9.59 Å². The molecule has 0 unspecified atom stereocenters. The average molecular weight is 503 g/mol. The fourth-order valence-corrected chi connectivity index (χ4v) is 5.19. The molecule has 0 aliphatic heterocycles. The SMILES string of the molecule is CCn1c(COc2ccc(C(C)C)cc2)nnc1SCC(=O)Nc1sc(C)c(C)c1C(=O)OC. The van der Waals surface area contributed by atoms with Gasteiger partial charge in [-0.05, 0) is 49.9 Å². The number of ether oxygens (including phenoxy) is 2. The summed E-state index contributed by atoms with van der Waals surface area (Å²) in [6.07, 6.45) is 0. The molecule has 0 radical (unpaired) electrons. The molecule has 0 saturated heterocycles. The molecular formula is C24H30N4O4S2. The number of esters is 1. The van der Waals surface area contributed by atoms with Crippen LogP contribution in [0, 0.1) is 13.8 Å². The van der Waals surface area contributed by atoms with E-state index in [1.165, 1.54) is 35.8 Å². The first-order valence-electron chi connectivity index (χ1n) is 11.0. The molecule has 1 aromatic carbocycles. The summed E-state index contributed by atoms with van der Waals surface area (Å²) in [5.74, 6) is 1.37. The largest absolute Gasteiger partial charge is 0.486 e. The zero-order chi connectivity index (χ0) is 24.8. The fourth-order valence-electron chi connectivity index (χ4n) is 3.30. The summed E-state index contributed by atoms with van der Waals surface area (Å²) in [6, 6.07) is 8.04. The van der Waals surface area contributed by atoms with E-state index in [-0.39, 0.29) is 18.3 Å². The van der Waals surface area contributed by atoms with Crippen molar-refractivity contribution >= 4 is 40.0 Å². The lowest BCUT2D eigenvalue weighted by molar-refractivity contribution is -0.113. The highest BCUT2D eigenvalue weighted by atomic mass is 32.2. The highest BCUT2D eigenvalue weighted by Crippen LogP contribution is 2.33. The van der Waals surface area contributed by atoms with Crippen LogP contribution < -0.4 is 10.1 Å². The van der Waals surface area contributed by atoms with E-state index in [2.05, 4.69) is 41.5 Å². The van der Waals surface area contributed by atoms with Gasteiger partial charge in [0.2, 0.25) is 5.91 Å². The van der Waals surface area contributed by atoms with Gasteiger partial charge in [0.25, 0.3) is 0 Å². The van der Waals surface area contributed by atoms with Crippen molar-refractivity contribution in [3.63, 3.8) is 0 Å². The maximum Gasteiger partial charge on any atom is 0.341 e. The van der Waals surface area contributed by atoms with Gasteiger partial charge in [0.15, 0.2) is 11.0 Å². The summed E-state index contributed by atoms with van der Waals surface area (Å²) in [6.45, 7) is 11.0. The molecule has 0 aliphatic carbocycles. The normalized spacial score (nSPS) is 11.0. The third-order valence-electron chi connectivity index (χ3n) is 5.38. The lowest BCUT2D eigenvalue weighted by Crippen LogP contribution is -2.16. The predicted molar refractivity (Wildman–Crippen MR) is 135 cm³/mol. The summed E-state index contributed by atoms with van der Waals surface area (Å²) in [7, 11) is 1.33. The summed E-state index contributed by atoms with van der Waals surface area (Å²) in [5, 5.41) is 12.5. The van der Waals surface area contributed by atoms with Gasteiger partial charge in [-0.3, -0.25) is 4.79 Å². The monoisotopic (exact) mass is 502 g/mol. The van der Waals surface area contributed by atoms with Crippen molar-refractivity contribution in [1.82, 2.24) is 14.8 Å². The zero-order valence-corrected chi connectivity index (χ0v) is 21.9. The van der Waals surface area contributed by atoms with Gasteiger partial charge in [0, 0.05) is 11.4 Å². The van der Waals surface area contributed by atoms with Gasteiger partial charge in [0.05, 0.1) is 18.4 Å². The number of benzene rings is 1. The molecule has 8 nitrogen and oxygen atoms in total. The quantitative estimate of drug-likeness (QED) is 0.301. The van der Waals surface area contributed by atoms with Crippen molar-refractivity contribution in [3.8, 4) is 5.75 Å². The van der Waals surface area contributed by atoms with Crippen LogP contribution in [0.1, 0.15) is 58.9 Å². The molecule has 0 fully saturated rings. The van der Waals surface area contributed by atoms with Gasteiger partial charge in [-0.1, -0.05) is 37.7 Å². The molecule has 3 aromatic rings. The van der Waals surface area contributed by atoms with E-state index < -0.39 is 5.97 Å². The van der Waals surface area contributed by atoms with Crippen LogP contribution in [0.25, 0.3) is 0 Å². The van der Waals surface area contributed by atoms with Crippen LogP contribution in [-0.4, -0.2) is 39.5 Å². The Hall–Kier alpha value is -2.85. The number of anilines is 1. The first kappa shape index (κ1) is 25.8. The van der Waals surface area contributed by atoms with Crippen molar-refractivity contribution in [1.29, 1.82) is 0 Å². The van der Waals surface area contributed by atoms with Gasteiger partial charge in [-0.15, -0.1) is 21.5 Å². The highest BCUT2D eigenvalue weighted by Gasteiger charge is 2.22. The number of hydrogen-bond donors (Lipinski definition) is 1. The molecule has 0 bridgehead atoms. The molecule has 0 aliphatic rings. The maximum atomic E-state index is 12.6. The Morgan fingerprint density at radius 3 is 2.50 bits per heavy atom. The van der Waals surface area contributed by atoms with Gasteiger partial charge < -0.3 is 19.4 Å². The highest BCUT2D eigenvalue weighted by molar-refractivity contribution is 7.99. The average Bonchev–Trinajstić information content (AvgIpc) is 3.35. The number of nitrogens with zero attached hydrogens (tertiary/aromatic N) is 3. The lowest BCUT2D eigenvalue weighted by Gasteiger charge is -2.10. The second-order valence-corrected chi connectivity index (χ2v) is 10.1. The standard InChI is InChI=1S/C24H30N4O4S2/c1-7-28-19(12-32-18-10-8-17(9-11-18)14(2)3)26-27-24(28)33-13-20(29)25-22-21(23(30)31-6)15(4)16(5)34-22/h8-11,14H,7,12-13H2,1-6H3,(H,25,29). The molecule has 10 heteroatoms. The van der Waals surface area contributed by atoms with Crippen molar-refractivity contribution in [2.75, 3.05) is 18.2 Å². The third kappa shape index (κ3) is 5.98. The number of amides is 1. The van der Waals surface area contributed by atoms with E-state index >= 15 is 0 Å². The molecule has 182 valence electrons. The van der Waals surface area contributed by atoms with Gasteiger partial charge >= 0.3 is 5.97 Å². The predicted octanol–water partition coefficient (Wildman–Crippen LogP) is 5.20. The van der Waals surface area contributed by atoms with Crippen LogP contribution in [0.4, 0.5) is 5.00 Å². The Balaban J connectivity index is 1.61. The number of aromatic nitrogens is 3. The van der Waals surface area contributed by atoms with Crippen LogP contribution in [-0.2, 0) is 22.7 Å². The Morgan fingerprint density at radius 1 is 1.18 bits per heavy atom. The van der Waals surface area contributed by atoms with E-state index in [0.717, 1.165) is 16.2 Å². The van der Waals surface area contributed by atoms with Crippen molar-refractivity contribution in [2.24, 2.45) is 0 Å². The minimum Gasteiger partial charge on any atom is -0.486 e. The van der Waals surface area contributed by atoms with Crippen LogP contribution >= 0.6 is 23.1 Å². The van der Waals surface area contributed by atoms with E-state index in [1.54, 1.807) is 0 Å². The smallest absolute Gasteiger partial charge is 0.341 e. The van der Waals surface area contributed by atoms with E-state index in [4.69, 9.17) is 9.47 Å². The number of carbonyl (C=O) groups excluding carboxylic acids is 2. The van der Waals surface area contributed by atoms with Crippen LogP contribution in [0.15, 0.2) is 29.4 Å². The number of thiophene rings is 1. The molecule has 3 rings (SSSR count). The number of methoxy groups -OCH3 is 1. The van der Waals surface area contributed by atoms with Crippen LogP contribution in [0.2, 0.25) is 0 Å². The first-order chi connectivity index (χ1) is 16.2. The number of rotatable bonds is 10. The fraction of sp³-hybridized carbons (Fsp3) is 0.417. The number of carbonyl (C=O) groups is 2. The molecule has 0 saturated carbocycles.